The summed E-state index contributed by atoms with van der Waals surface area (Å²) in [6, 6.07) is 0.926. The smallest absolute Gasteiger partial charge is 0.236 e. The van der Waals surface area contributed by atoms with Gasteiger partial charge in [-0.1, -0.05) is 0 Å². The molecule has 0 aromatic carbocycles. The first kappa shape index (κ1) is 13.8. The summed E-state index contributed by atoms with van der Waals surface area (Å²) in [5.74, 6) is 0.242. The Morgan fingerprint density at radius 3 is 2.50 bits per heavy atom. The van der Waals surface area contributed by atoms with Gasteiger partial charge in [0.2, 0.25) is 5.91 Å². The Kier molecular flexibility index (Phi) is 4.59. The van der Waals surface area contributed by atoms with Crippen molar-refractivity contribution in [2.24, 2.45) is 0 Å². The topological polar surface area (TPSA) is 44.8 Å². The van der Waals surface area contributed by atoms with Crippen molar-refractivity contribution < 1.29 is 9.53 Å². The zero-order valence-electron chi connectivity index (χ0n) is 11.7. The Bertz CT molecular complexity index is 288. The number of ether oxygens (including phenoxy) is 1. The molecule has 5 nitrogen and oxygen atoms in total. The van der Waals surface area contributed by atoms with E-state index in [1.807, 2.05) is 11.8 Å². The second kappa shape index (κ2) is 5.99. The first-order valence-corrected chi connectivity index (χ1v) is 6.92. The molecule has 2 fully saturated rings. The van der Waals surface area contributed by atoms with E-state index in [2.05, 4.69) is 24.1 Å². The summed E-state index contributed by atoms with van der Waals surface area (Å²) in [6.07, 6.45) is 0.170. The molecule has 0 saturated carbocycles. The normalized spacial score (nSPS) is 34.6. The number of carbonyl (C=O) groups is 1. The van der Waals surface area contributed by atoms with Gasteiger partial charge in [0.25, 0.3) is 0 Å². The number of carbonyl (C=O) groups excluding carboxylic acids is 1. The van der Waals surface area contributed by atoms with Crippen LogP contribution in [-0.2, 0) is 9.53 Å². The molecule has 1 amide bonds. The van der Waals surface area contributed by atoms with Gasteiger partial charge in [0.1, 0.15) is 0 Å². The first-order chi connectivity index (χ1) is 8.54. The highest BCUT2D eigenvalue weighted by Gasteiger charge is 2.26. The molecular weight excluding hydrogens is 230 g/mol. The Hall–Kier alpha value is -0.650. The Labute approximate surface area is 109 Å². The van der Waals surface area contributed by atoms with Crippen molar-refractivity contribution in [3.63, 3.8) is 0 Å². The molecular formula is C13H25N3O2. The Balaban J connectivity index is 1.83. The quantitative estimate of drug-likeness (QED) is 0.749. The van der Waals surface area contributed by atoms with Gasteiger partial charge < -0.3 is 15.0 Å². The predicted octanol–water partition coefficient (Wildman–Crippen LogP) is -0.0841. The standard InChI is InChI=1S/C13H25N3O2/c1-10-6-15(7-11(2)14-10)9-13(17)16-4-5-18-12(3)8-16/h10-12,14H,4-9H2,1-3H3. The van der Waals surface area contributed by atoms with Gasteiger partial charge in [0, 0.05) is 38.3 Å². The highest BCUT2D eigenvalue weighted by atomic mass is 16.5. The van der Waals surface area contributed by atoms with Crippen LogP contribution in [0.15, 0.2) is 0 Å². The number of amides is 1. The third kappa shape index (κ3) is 3.67. The van der Waals surface area contributed by atoms with Crippen molar-refractivity contribution in [2.45, 2.75) is 39.0 Å². The van der Waals surface area contributed by atoms with E-state index in [0.29, 0.717) is 25.2 Å². The molecule has 2 heterocycles. The number of piperazine rings is 1. The third-order valence-corrected chi connectivity index (χ3v) is 3.59. The molecule has 0 bridgehead atoms. The molecule has 0 aromatic heterocycles. The van der Waals surface area contributed by atoms with Crippen molar-refractivity contribution in [3.8, 4) is 0 Å². The second-order valence-electron chi connectivity index (χ2n) is 5.68. The van der Waals surface area contributed by atoms with Crippen LogP contribution in [0.4, 0.5) is 0 Å². The molecule has 0 aliphatic carbocycles. The van der Waals surface area contributed by atoms with E-state index >= 15 is 0 Å². The molecule has 0 aromatic rings. The Morgan fingerprint density at radius 2 is 1.89 bits per heavy atom. The lowest BCUT2D eigenvalue weighted by Gasteiger charge is -2.38. The minimum Gasteiger partial charge on any atom is -0.375 e. The van der Waals surface area contributed by atoms with Gasteiger partial charge in [0.15, 0.2) is 0 Å². The molecule has 2 aliphatic rings. The van der Waals surface area contributed by atoms with Gasteiger partial charge in [-0.15, -0.1) is 0 Å². The van der Waals surface area contributed by atoms with Crippen LogP contribution in [0.5, 0.6) is 0 Å². The van der Waals surface area contributed by atoms with Crippen molar-refractivity contribution in [3.05, 3.63) is 0 Å². The van der Waals surface area contributed by atoms with Crippen molar-refractivity contribution >= 4 is 5.91 Å². The van der Waals surface area contributed by atoms with Crippen LogP contribution in [0.1, 0.15) is 20.8 Å². The highest BCUT2D eigenvalue weighted by Crippen LogP contribution is 2.08. The van der Waals surface area contributed by atoms with E-state index in [0.717, 1.165) is 26.2 Å². The van der Waals surface area contributed by atoms with Crippen LogP contribution < -0.4 is 5.32 Å². The first-order valence-electron chi connectivity index (χ1n) is 6.92. The van der Waals surface area contributed by atoms with Gasteiger partial charge in [-0.2, -0.15) is 0 Å². The summed E-state index contributed by atoms with van der Waals surface area (Å²) >= 11 is 0. The minimum atomic E-state index is 0.170. The predicted molar refractivity (Wildman–Crippen MR) is 70.5 cm³/mol. The van der Waals surface area contributed by atoms with E-state index in [1.165, 1.54) is 0 Å². The molecule has 104 valence electrons. The fourth-order valence-electron chi connectivity index (χ4n) is 2.91. The molecule has 2 rings (SSSR count). The minimum absolute atomic E-state index is 0.170. The molecule has 1 N–H and O–H groups in total. The van der Waals surface area contributed by atoms with Crippen LogP contribution in [0.3, 0.4) is 0 Å². The van der Waals surface area contributed by atoms with E-state index in [9.17, 15) is 4.79 Å². The molecule has 2 aliphatic heterocycles. The third-order valence-electron chi connectivity index (χ3n) is 3.59. The number of morpholine rings is 1. The van der Waals surface area contributed by atoms with Crippen molar-refractivity contribution in [1.82, 2.24) is 15.1 Å². The van der Waals surface area contributed by atoms with Crippen LogP contribution in [0.2, 0.25) is 0 Å². The van der Waals surface area contributed by atoms with Crippen LogP contribution >= 0.6 is 0 Å². The summed E-state index contributed by atoms with van der Waals surface area (Å²) in [5.41, 5.74) is 0. The van der Waals surface area contributed by atoms with Gasteiger partial charge in [-0.3, -0.25) is 9.69 Å². The highest BCUT2D eigenvalue weighted by molar-refractivity contribution is 5.78. The van der Waals surface area contributed by atoms with Gasteiger partial charge >= 0.3 is 0 Å². The monoisotopic (exact) mass is 255 g/mol. The number of nitrogens with zero attached hydrogens (tertiary/aromatic N) is 2. The zero-order chi connectivity index (χ0) is 13.1. The van der Waals surface area contributed by atoms with E-state index in [1.54, 1.807) is 0 Å². The van der Waals surface area contributed by atoms with E-state index < -0.39 is 0 Å². The summed E-state index contributed by atoms with van der Waals surface area (Å²) in [5, 5.41) is 3.48. The lowest BCUT2D eigenvalue weighted by Crippen LogP contribution is -2.57. The molecule has 3 unspecified atom stereocenters. The fourth-order valence-corrected chi connectivity index (χ4v) is 2.91. The fraction of sp³-hybridized carbons (Fsp3) is 0.923. The van der Waals surface area contributed by atoms with E-state index in [4.69, 9.17) is 4.74 Å². The summed E-state index contributed by atoms with van der Waals surface area (Å²) in [4.78, 5) is 16.4. The maximum atomic E-state index is 12.2. The van der Waals surface area contributed by atoms with Crippen LogP contribution in [-0.4, -0.2) is 73.2 Å². The average molecular weight is 255 g/mol. The zero-order valence-corrected chi connectivity index (χ0v) is 11.7. The maximum Gasteiger partial charge on any atom is 0.236 e. The van der Waals surface area contributed by atoms with Gasteiger partial charge in [0.05, 0.1) is 19.3 Å². The van der Waals surface area contributed by atoms with Crippen LogP contribution in [0, 0.1) is 0 Å². The van der Waals surface area contributed by atoms with Gasteiger partial charge in [-0.05, 0) is 20.8 Å². The SMILES string of the molecule is CC1CN(CC(=O)N2CCOC(C)C2)CC(C)N1. The van der Waals surface area contributed by atoms with Gasteiger partial charge in [-0.25, -0.2) is 0 Å². The number of nitrogens with one attached hydrogen (secondary N) is 1. The largest absolute Gasteiger partial charge is 0.375 e. The molecule has 0 radical (unpaired) electrons. The number of rotatable bonds is 2. The van der Waals surface area contributed by atoms with Crippen molar-refractivity contribution in [1.29, 1.82) is 0 Å². The molecule has 18 heavy (non-hydrogen) atoms. The molecule has 3 atom stereocenters. The lowest BCUT2D eigenvalue weighted by molar-refractivity contribution is -0.139. The van der Waals surface area contributed by atoms with E-state index in [-0.39, 0.29) is 12.0 Å². The van der Waals surface area contributed by atoms with Crippen molar-refractivity contribution in [2.75, 3.05) is 39.3 Å². The number of hydrogen-bond acceptors (Lipinski definition) is 4. The number of hydrogen-bond donors (Lipinski definition) is 1. The maximum absolute atomic E-state index is 12.2. The molecule has 2 saturated heterocycles. The summed E-state index contributed by atoms with van der Waals surface area (Å²) < 4.78 is 5.46. The summed E-state index contributed by atoms with van der Waals surface area (Å²) in [7, 11) is 0. The second-order valence-corrected chi connectivity index (χ2v) is 5.68. The van der Waals surface area contributed by atoms with Crippen LogP contribution in [0.25, 0.3) is 0 Å². The Morgan fingerprint density at radius 1 is 1.22 bits per heavy atom. The molecule has 0 spiro atoms. The summed E-state index contributed by atoms with van der Waals surface area (Å²) in [6.45, 7) is 11.0. The molecule has 5 heteroatoms. The lowest BCUT2D eigenvalue weighted by atomic mass is 10.1. The average Bonchev–Trinajstić information content (AvgIpc) is 2.27.